The van der Waals surface area contributed by atoms with Crippen LogP contribution in [0.3, 0.4) is 0 Å². The first kappa shape index (κ1) is 16.9. The van der Waals surface area contributed by atoms with Gasteiger partial charge in [-0.1, -0.05) is 0 Å². The highest BCUT2D eigenvalue weighted by molar-refractivity contribution is 8.00. The van der Waals surface area contributed by atoms with E-state index >= 15 is 0 Å². The Morgan fingerprint density at radius 1 is 1.19 bits per heavy atom. The molecule has 2 aliphatic rings. The van der Waals surface area contributed by atoms with Crippen molar-refractivity contribution < 1.29 is 0 Å². The summed E-state index contributed by atoms with van der Waals surface area (Å²) in [5.74, 6) is 2.27. The Balaban J connectivity index is 1.53. The van der Waals surface area contributed by atoms with Crippen LogP contribution < -0.4 is 10.6 Å². The molecule has 0 aromatic rings. The maximum absolute atomic E-state index is 4.33. The van der Waals surface area contributed by atoms with E-state index in [9.17, 15) is 0 Å². The van der Waals surface area contributed by atoms with E-state index in [0.29, 0.717) is 4.75 Å². The normalized spacial score (nSPS) is 27.2. The Kier molecular flexibility index (Phi) is 7.17. The molecule has 1 atom stereocenters. The largest absolute Gasteiger partial charge is 0.356 e. The third-order valence-electron chi connectivity index (χ3n) is 4.55. The zero-order valence-electron chi connectivity index (χ0n) is 13.8. The maximum atomic E-state index is 4.33. The number of nitrogens with one attached hydrogen (secondary N) is 2. The van der Waals surface area contributed by atoms with Gasteiger partial charge in [0.15, 0.2) is 5.96 Å². The number of nitrogens with zero attached hydrogens (tertiary/aromatic N) is 2. The number of rotatable bonds is 7. The first-order valence-electron chi connectivity index (χ1n) is 8.53. The molecule has 4 nitrogen and oxygen atoms in total. The van der Waals surface area contributed by atoms with Crippen molar-refractivity contribution in [1.29, 1.82) is 0 Å². The van der Waals surface area contributed by atoms with E-state index in [1.165, 1.54) is 63.9 Å². The van der Waals surface area contributed by atoms with Gasteiger partial charge in [0.1, 0.15) is 0 Å². The molecule has 0 saturated carbocycles. The van der Waals surface area contributed by atoms with E-state index in [4.69, 9.17) is 0 Å². The predicted molar refractivity (Wildman–Crippen MR) is 94.4 cm³/mol. The maximum Gasteiger partial charge on any atom is 0.191 e. The van der Waals surface area contributed by atoms with Crippen molar-refractivity contribution >= 4 is 17.7 Å². The summed E-state index contributed by atoms with van der Waals surface area (Å²) in [6, 6.07) is 0. The van der Waals surface area contributed by atoms with Crippen molar-refractivity contribution in [2.75, 3.05) is 45.5 Å². The van der Waals surface area contributed by atoms with Crippen LogP contribution in [-0.4, -0.2) is 61.1 Å². The van der Waals surface area contributed by atoms with Crippen molar-refractivity contribution in [1.82, 2.24) is 15.5 Å². The summed E-state index contributed by atoms with van der Waals surface area (Å²) in [4.78, 5) is 6.92. The second kappa shape index (κ2) is 8.89. The van der Waals surface area contributed by atoms with Gasteiger partial charge in [0.2, 0.25) is 0 Å². The molecule has 0 aromatic heterocycles. The third-order valence-corrected chi connectivity index (χ3v) is 6.08. The number of hydrogen-bond donors (Lipinski definition) is 2. The first-order chi connectivity index (χ1) is 10.2. The molecule has 122 valence electrons. The molecule has 2 rings (SSSR count). The highest BCUT2D eigenvalue weighted by Gasteiger charge is 2.29. The van der Waals surface area contributed by atoms with E-state index in [1.54, 1.807) is 0 Å². The topological polar surface area (TPSA) is 39.7 Å². The van der Waals surface area contributed by atoms with Crippen LogP contribution >= 0.6 is 11.8 Å². The summed E-state index contributed by atoms with van der Waals surface area (Å²) in [5.41, 5.74) is 0. The van der Waals surface area contributed by atoms with Crippen molar-refractivity contribution in [2.24, 2.45) is 4.99 Å². The molecule has 2 aliphatic heterocycles. The fourth-order valence-corrected chi connectivity index (χ4v) is 4.39. The fourth-order valence-electron chi connectivity index (χ4n) is 3.14. The van der Waals surface area contributed by atoms with Crippen LogP contribution in [-0.2, 0) is 0 Å². The molecule has 2 fully saturated rings. The lowest BCUT2D eigenvalue weighted by Crippen LogP contribution is -2.43. The van der Waals surface area contributed by atoms with E-state index < -0.39 is 0 Å². The number of aliphatic imine (C=N–C) groups is 1. The summed E-state index contributed by atoms with van der Waals surface area (Å²) >= 11 is 2.09. The smallest absolute Gasteiger partial charge is 0.191 e. The summed E-state index contributed by atoms with van der Waals surface area (Å²) in [7, 11) is 1.86. The molecule has 0 aromatic carbocycles. The number of unbranched alkanes of at least 4 members (excludes halogenated alkanes) is 1. The van der Waals surface area contributed by atoms with Gasteiger partial charge in [-0.2, -0.15) is 11.8 Å². The van der Waals surface area contributed by atoms with Gasteiger partial charge in [-0.25, -0.2) is 0 Å². The molecule has 2 saturated heterocycles. The molecule has 0 bridgehead atoms. The molecule has 2 heterocycles. The molecular weight excluding hydrogens is 280 g/mol. The van der Waals surface area contributed by atoms with Gasteiger partial charge in [0, 0.05) is 24.9 Å². The van der Waals surface area contributed by atoms with Crippen LogP contribution in [0.5, 0.6) is 0 Å². The zero-order valence-corrected chi connectivity index (χ0v) is 14.6. The van der Waals surface area contributed by atoms with Gasteiger partial charge in [0.05, 0.1) is 0 Å². The van der Waals surface area contributed by atoms with Crippen LogP contribution in [0.1, 0.15) is 45.4 Å². The van der Waals surface area contributed by atoms with Gasteiger partial charge in [-0.15, -0.1) is 0 Å². The molecular formula is C16H32N4S. The van der Waals surface area contributed by atoms with Gasteiger partial charge >= 0.3 is 0 Å². The van der Waals surface area contributed by atoms with Crippen LogP contribution in [0.25, 0.3) is 0 Å². The Labute approximate surface area is 134 Å². The molecule has 1 unspecified atom stereocenters. The average molecular weight is 313 g/mol. The summed E-state index contributed by atoms with van der Waals surface area (Å²) in [6.07, 6.45) is 7.97. The van der Waals surface area contributed by atoms with Crippen LogP contribution in [0.15, 0.2) is 4.99 Å². The van der Waals surface area contributed by atoms with Gasteiger partial charge in [-0.05, 0) is 70.8 Å². The number of guanidine groups is 1. The van der Waals surface area contributed by atoms with Crippen molar-refractivity contribution in [3.63, 3.8) is 0 Å². The second-order valence-corrected chi connectivity index (χ2v) is 8.19. The van der Waals surface area contributed by atoms with Crippen LogP contribution in [0, 0.1) is 0 Å². The van der Waals surface area contributed by atoms with Crippen molar-refractivity contribution in [2.45, 2.75) is 50.2 Å². The fraction of sp³-hybridized carbons (Fsp3) is 0.938. The van der Waals surface area contributed by atoms with Gasteiger partial charge < -0.3 is 15.5 Å². The minimum atomic E-state index is 0.396. The predicted octanol–water partition coefficient (Wildman–Crippen LogP) is 2.31. The molecule has 21 heavy (non-hydrogen) atoms. The Hall–Kier alpha value is -0.420. The lowest BCUT2D eigenvalue weighted by molar-refractivity contribution is 0.330. The number of hydrogen-bond acceptors (Lipinski definition) is 3. The minimum absolute atomic E-state index is 0.396. The summed E-state index contributed by atoms with van der Waals surface area (Å²) < 4.78 is 0.396. The molecule has 0 spiro atoms. The van der Waals surface area contributed by atoms with Crippen LogP contribution in [0.2, 0.25) is 0 Å². The highest BCUT2D eigenvalue weighted by atomic mass is 32.2. The van der Waals surface area contributed by atoms with E-state index in [-0.39, 0.29) is 0 Å². The number of thioether (sulfide) groups is 1. The monoisotopic (exact) mass is 312 g/mol. The Morgan fingerprint density at radius 2 is 2.00 bits per heavy atom. The average Bonchev–Trinajstić information content (AvgIpc) is 3.14. The van der Waals surface area contributed by atoms with E-state index in [2.05, 4.69) is 39.2 Å². The lowest BCUT2D eigenvalue weighted by Gasteiger charge is -2.24. The van der Waals surface area contributed by atoms with E-state index in [1.807, 2.05) is 7.05 Å². The summed E-state index contributed by atoms with van der Waals surface area (Å²) in [6.45, 7) is 8.30. The van der Waals surface area contributed by atoms with Crippen LogP contribution in [0.4, 0.5) is 0 Å². The molecule has 2 N–H and O–H groups in total. The second-order valence-electron chi connectivity index (χ2n) is 6.51. The molecule has 0 aliphatic carbocycles. The summed E-state index contributed by atoms with van der Waals surface area (Å²) in [5, 5.41) is 6.94. The van der Waals surface area contributed by atoms with Crippen molar-refractivity contribution in [3.05, 3.63) is 0 Å². The minimum Gasteiger partial charge on any atom is -0.356 e. The zero-order chi connectivity index (χ0) is 15.0. The highest BCUT2D eigenvalue weighted by Crippen LogP contribution is 2.36. The Bertz CT molecular complexity index is 320. The standard InChI is InChI=1S/C16H32N4S/c1-16(8-7-13-21-16)14-19-15(17-2)18-9-3-4-10-20-11-5-6-12-20/h3-14H2,1-2H3,(H2,17,18,19). The SMILES string of the molecule is CN=C(NCCCCN1CCCC1)NCC1(C)CCCS1. The van der Waals surface area contributed by atoms with Gasteiger partial charge in [-0.3, -0.25) is 4.99 Å². The first-order valence-corrected chi connectivity index (χ1v) is 9.51. The quantitative estimate of drug-likeness (QED) is 0.430. The molecule has 5 heteroatoms. The third kappa shape index (κ3) is 6.07. The van der Waals surface area contributed by atoms with E-state index in [0.717, 1.165) is 19.0 Å². The number of likely N-dealkylation sites (tertiary alicyclic amines) is 1. The lowest BCUT2D eigenvalue weighted by atomic mass is 10.1. The molecule has 0 amide bonds. The Morgan fingerprint density at radius 3 is 2.67 bits per heavy atom. The molecule has 0 radical (unpaired) electrons. The van der Waals surface area contributed by atoms with Gasteiger partial charge in [0.25, 0.3) is 0 Å². The van der Waals surface area contributed by atoms with Crippen molar-refractivity contribution in [3.8, 4) is 0 Å².